The van der Waals surface area contributed by atoms with Crippen LogP contribution in [-0.4, -0.2) is 54.5 Å². The number of piperazine rings is 1. The quantitative estimate of drug-likeness (QED) is 0.886. The van der Waals surface area contributed by atoms with E-state index in [0.29, 0.717) is 12.0 Å². The van der Waals surface area contributed by atoms with Gasteiger partial charge in [0, 0.05) is 50.2 Å². The summed E-state index contributed by atoms with van der Waals surface area (Å²) in [7, 11) is 2.19. The van der Waals surface area contributed by atoms with Gasteiger partial charge in [0.25, 0.3) is 0 Å². The highest BCUT2D eigenvalue weighted by Gasteiger charge is 2.40. The van der Waals surface area contributed by atoms with E-state index in [1.165, 1.54) is 11.6 Å². The van der Waals surface area contributed by atoms with Crippen LogP contribution >= 0.6 is 0 Å². The van der Waals surface area contributed by atoms with E-state index in [9.17, 15) is 9.18 Å². The average molecular weight is 381 g/mol. The summed E-state index contributed by atoms with van der Waals surface area (Å²) >= 11 is 0. The largest absolute Gasteiger partial charge is 0.356 e. The Morgan fingerprint density at radius 2 is 1.86 bits per heavy atom. The van der Waals surface area contributed by atoms with Crippen LogP contribution in [0.2, 0.25) is 0 Å². The second kappa shape index (κ2) is 8.02. The Balaban J connectivity index is 1.45. The molecule has 1 amide bonds. The van der Waals surface area contributed by atoms with Crippen molar-refractivity contribution in [3.63, 3.8) is 0 Å². The minimum absolute atomic E-state index is 0.0739. The van der Waals surface area contributed by atoms with Crippen LogP contribution in [0.25, 0.3) is 11.1 Å². The number of likely N-dealkylation sites (N-methyl/N-ethyl adjacent to an activating group) is 1. The summed E-state index contributed by atoms with van der Waals surface area (Å²) in [6, 6.07) is 15.1. The number of benzene rings is 2. The summed E-state index contributed by atoms with van der Waals surface area (Å²) < 4.78 is 14.0. The van der Waals surface area contributed by atoms with Gasteiger partial charge in [0.2, 0.25) is 5.91 Å². The Bertz CT molecular complexity index is 838. The van der Waals surface area contributed by atoms with Crippen molar-refractivity contribution in [3.8, 4) is 11.1 Å². The Labute approximate surface area is 166 Å². The fourth-order valence-corrected chi connectivity index (χ4v) is 4.56. The smallest absolute Gasteiger partial charge is 0.220 e. The lowest BCUT2D eigenvalue weighted by molar-refractivity contribution is -0.121. The number of hydrogen-bond acceptors (Lipinski definition) is 3. The second-order valence-electron chi connectivity index (χ2n) is 8.13. The first kappa shape index (κ1) is 19.1. The van der Waals surface area contributed by atoms with E-state index in [0.717, 1.165) is 51.1 Å². The Morgan fingerprint density at radius 1 is 1.07 bits per heavy atom. The van der Waals surface area contributed by atoms with Gasteiger partial charge in [0.05, 0.1) is 0 Å². The van der Waals surface area contributed by atoms with E-state index >= 15 is 0 Å². The molecule has 1 atom stereocenters. The van der Waals surface area contributed by atoms with Gasteiger partial charge in [-0.15, -0.1) is 0 Å². The van der Waals surface area contributed by atoms with Crippen molar-refractivity contribution < 1.29 is 9.18 Å². The topological polar surface area (TPSA) is 35.6 Å². The number of nitrogens with zero attached hydrogens (tertiary/aromatic N) is 2. The second-order valence-corrected chi connectivity index (χ2v) is 8.13. The maximum Gasteiger partial charge on any atom is 0.220 e. The van der Waals surface area contributed by atoms with Crippen molar-refractivity contribution in [2.75, 3.05) is 33.2 Å². The molecule has 4 rings (SSSR count). The van der Waals surface area contributed by atoms with Crippen LogP contribution in [0.4, 0.5) is 4.39 Å². The van der Waals surface area contributed by atoms with E-state index < -0.39 is 0 Å². The van der Waals surface area contributed by atoms with Crippen molar-refractivity contribution in [1.29, 1.82) is 0 Å². The molecule has 1 spiro atoms. The number of amides is 1. The number of carbonyl (C=O) groups is 1. The third-order valence-electron chi connectivity index (χ3n) is 6.35. The first-order chi connectivity index (χ1) is 13.6. The van der Waals surface area contributed by atoms with Crippen LogP contribution in [0, 0.1) is 5.82 Å². The fourth-order valence-electron chi connectivity index (χ4n) is 4.56. The van der Waals surface area contributed by atoms with Crippen molar-refractivity contribution >= 4 is 5.91 Å². The van der Waals surface area contributed by atoms with E-state index in [2.05, 4.69) is 34.3 Å². The lowest BCUT2D eigenvalue weighted by Gasteiger charge is -2.49. The van der Waals surface area contributed by atoms with Crippen molar-refractivity contribution in [2.24, 2.45) is 0 Å². The highest BCUT2D eigenvalue weighted by Crippen LogP contribution is 2.31. The van der Waals surface area contributed by atoms with Crippen LogP contribution < -0.4 is 5.32 Å². The van der Waals surface area contributed by atoms with Gasteiger partial charge in [0.1, 0.15) is 5.82 Å². The molecular weight excluding hydrogens is 353 g/mol. The molecule has 148 valence electrons. The standard InChI is InChI=1S/C23H28FN3O/c1-26-14-15-27(17-23(26)11-10-22(28)25-13-12-23)16-18-6-8-19(9-7-18)20-4-2-3-5-21(20)24/h2-9H,10-17H2,1H3,(H,25,28)/t23-/m1/s1. The Kier molecular flexibility index (Phi) is 5.47. The van der Waals surface area contributed by atoms with Crippen molar-refractivity contribution in [2.45, 2.75) is 31.3 Å². The zero-order valence-corrected chi connectivity index (χ0v) is 16.5. The number of carbonyl (C=O) groups excluding carboxylic acids is 1. The SMILES string of the molecule is CN1CCN(Cc2ccc(-c3ccccc3F)cc2)C[C@@]12CCNC(=O)CC2. The fraction of sp³-hybridized carbons (Fsp3) is 0.435. The van der Waals surface area contributed by atoms with E-state index in [1.54, 1.807) is 6.07 Å². The molecule has 0 saturated carbocycles. The van der Waals surface area contributed by atoms with Gasteiger partial charge in [-0.3, -0.25) is 14.6 Å². The van der Waals surface area contributed by atoms with Gasteiger partial charge in [-0.2, -0.15) is 0 Å². The molecule has 0 aliphatic carbocycles. The summed E-state index contributed by atoms with van der Waals surface area (Å²) in [5, 5.41) is 3.01. The molecule has 0 unspecified atom stereocenters. The molecule has 0 bridgehead atoms. The lowest BCUT2D eigenvalue weighted by atomic mass is 9.86. The predicted molar refractivity (Wildman–Crippen MR) is 109 cm³/mol. The molecule has 2 fully saturated rings. The van der Waals surface area contributed by atoms with E-state index in [-0.39, 0.29) is 17.3 Å². The monoisotopic (exact) mass is 381 g/mol. The normalized spacial score (nSPS) is 24.1. The first-order valence-electron chi connectivity index (χ1n) is 10.1. The Hall–Kier alpha value is -2.24. The highest BCUT2D eigenvalue weighted by atomic mass is 19.1. The summed E-state index contributed by atoms with van der Waals surface area (Å²) in [5.74, 6) is -0.0149. The maximum absolute atomic E-state index is 14.0. The average Bonchev–Trinajstić information content (AvgIpc) is 2.88. The van der Waals surface area contributed by atoms with Gasteiger partial charge in [0.15, 0.2) is 0 Å². The van der Waals surface area contributed by atoms with Gasteiger partial charge in [-0.05, 0) is 37.1 Å². The van der Waals surface area contributed by atoms with Gasteiger partial charge in [-0.25, -0.2) is 4.39 Å². The van der Waals surface area contributed by atoms with Crippen LogP contribution in [-0.2, 0) is 11.3 Å². The molecular formula is C23H28FN3O. The number of nitrogens with one attached hydrogen (secondary N) is 1. The molecule has 0 radical (unpaired) electrons. The molecule has 0 aromatic heterocycles. The first-order valence-corrected chi connectivity index (χ1v) is 10.1. The van der Waals surface area contributed by atoms with Crippen LogP contribution in [0.15, 0.2) is 48.5 Å². The molecule has 2 aromatic carbocycles. The third-order valence-corrected chi connectivity index (χ3v) is 6.35. The summed E-state index contributed by atoms with van der Waals surface area (Å²) in [5.41, 5.74) is 2.86. The van der Waals surface area contributed by atoms with E-state index in [1.807, 2.05) is 24.3 Å². The number of rotatable bonds is 3. The highest BCUT2D eigenvalue weighted by molar-refractivity contribution is 5.76. The Morgan fingerprint density at radius 3 is 2.64 bits per heavy atom. The van der Waals surface area contributed by atoms with Crippen molar-refractivity contribution in [3.05, 3.63) is 59.9 Å². The van der Waals surface area contributed by atoms with Gasteiger partial charge < -0.3 is 5.32 Å². The van der Waals surface area contributed by atoms with Gasteiger partial charge >= 0.3 is 0 Å². The molecule has 2 saturated heterocycles. The lowest BCUT2D eigenvalue weighted by Crippen LogP contribution is -2.60. The van der Waals surface area contributed by atoms with Crippen LogP contribution in [0.5, 0.6) is 0 Å². The van der Waals surface area contributed by atoms with E-state index in [4.69, 9.17) is 0 Å². The molecule has 2 aliphatic heterocycles. The zero-order chi connectivity index (χ0) is 19.6. The molecule has 4 nitrogen and oxygen atoms in total. The van der Waals surface area contributed by atoms with Crippen LogP contribution in [0.3, 0.4) is 0 Å². The van der Waals surface area contributed by atoms with Crippen LogP contribution in [0.1, 0.15) is 24.8 Å². The minimum Gasteiger partial charge on any atom is -0.356 e. The number of hydrogen-bond donors (Lipinski definition) is 1. The summed E-state index contributed by atoms with van der Waals surface area (Å²) in [6.07, 6.45) is 2.52. The molecule has 28 heavy (non-hydrogen) atoms. The van der Waals surface area contributed by atoms with Gasteiger partial charge in [-0.1, -0.05) is 42.5 Å². The predicted octanol–water partition coefficient (Wildman–Crippen LogP) is 3.28. The zero-order valence-electron chi connectivity index (χ0n) is 16.5. The molecule has 1 N–H and O–H groups in total. The number of halogens is 1. The third kappa shape index (κ3) is 3.96. The molecule has 2 aliphatic rings. The molecule has 2 heterocycles. The maximum atomic E-state index is 14.0. The summed E-state index contributed by atoms with van der Waals surface area (Å²) in [6.45, 7) is 4.66. The summed E-state index contributed by atoms with van der Waals surface area (Å²) in [4.78, 5) is 16.7. The van der Waals surface area contributed by atoms with Crippen molar-refractivity contribution in [1.82, 2.24) is 15.1 Å². The minimum atomic E-state index is -0.187. The molecule has 5 heteroatoms. The molecule has 2 aromatic rings.